The highest BCUT2D eigenvalue weighted by Crippen LogP contribution is 2.22. The Morgan fingerprint density at radius 1 is 1.37 bits per heavy atom. The third-order valence-corrected chi connectivity index (χ3v) is 4.31. The molecule has 0 aliphatic heterocycles. The summed E-state index contributed by atoms with van der Waals surface area (Å²) in [5, 5.41) is 11.1. The highest BCUT2D eigenvalue weighted by atomic mass is 16.6. The van der Waals surface area contributed by atoms with Crippen molar-refractivity contribution in [2.45, 2.75) is 26.8 Å². The maximum absolute atomic E-state index is 13.2. The number of aromatic nitrogens is 2. The predicted molar refractivity (Wildman–Crippen MR) is 112 cm³/mol. The topological polar surface area (TPSA) is 154 Å². The molecule has 2 rings (SSSR count). The van der Waals surface area contributed by atoms with Crippen LogP contribution in [0.15, 0.2) is 33.9 Å². The molecule has 0 bridgehead atoms. The second-order valence-corrected chi connectivity index (χ2v) is 7.11. The second kappa shape index (κ2) is 9.83. The lowest BCUT2D eigenvalue weighted by Gasteiger charge is -2.25. The Hall–Kier alpha value is -3.47. The number of amides is 1. The van der Waals surface area contributed by atoms with Gasteiger partial charge in [-0.2, -0.15) is 0 Å². The molecule has 0 radical (unpaired) electrons. The molecule has 0 aliphatic carbocycles. The molecule has 0 unspecified atom stereocenters. The maximum Gasteiger partial charge on any atom is 0.330 e. The van der Waals surface area contributed by atoms with Crippen molar-refractivity contribution in [3.63, 3.8) is 0 Å². The van der Waals surface area contributed by atoms with E-state index >= 15 is 0 Å². The quantitative estimate of drug-likeness (QED) is 0.353. The minimum atomic E-state index is -0.811. The first kappa shape index (κ1) is 22.8. The summed E-state index contributed by atoms with van der Waals surface area (Å²) in [6, 6.07) is 5.18. The number of anilines is 2. The van der Waals surface area contributed by atoms with Gasteiger partial charge in [-0.25, -0.2) is 4.79 Å². The highest BCUT2D eigenvalue weighted by Gasteiger charge is 2.26. The van der Waals surface area contributed by atoms with Gasteiger partial charge in [0.1, 0.15) is 5.82 Å². The summed E-state index contributed by atoms with van der Waals surface area (Å²) in [7, 11) is 1.50. The summed E-state index contributed by atoms with van der Waals surface area (Å²) in [6.45, 7) is 4.36. The molecular weight excluding hydrogens is 394 g/mol. The number of nitro benzene ring substituents is 1. The van der Waals surface area contributed by atoms with Crippen molar-refractivity contribution >= 4 is 23.1 Å². The molecule has 30 heavy (non-hydrogen) atoms. The van der Waals surface area contributed by atoms with E-state index in [1.165, 1.54) is 29.9 Å². The molecule has 2 aromatic rings. The number of benzene rings is 1. The van der Waals surface area contributed by atoms with Crippen LogP contribution in [0.4, 0.5) is 17.2 Å². The third-order valence-electron chi connectivity index (χ3n) is 4.31. The van der Waals surface area contributed by atoms with Crippen molar-refractivity contribution in [2.24, 2.45) is 5.92 Å². The van der Waals surface area contributed by atoms with Gasteiger partial charge in [-0.1, -0.05) is 19.9 Å². The third kappa shape index (κ3) is 5.11. The van der Waals surface area contributed by atoms with Crippen molar-refractivity contribution in [2.75, 3.05) is 30.9 Å². The number of nitrogens with zero attached hydrogens (tertiary/aromatic N) is 3. The lowest BCUT2D eigenvalue weighted by Crippen LogP contribution is -2.42. The number of ether oxygens (including phenoxy) is 1. The molecule has 1 heterocycles. The van der Waals surface area contributed by atoms with E-state index in [2.05, 4.69) is 4.98 Å². The summed E-state index contributed by atoms with van der Waals surface area (Å²) >= 11 is 0. The molecule has 0 spiro atoms. The smallest absolute Gasteiger partial charge is 0.330 e. The number of H-pyrrole nitrogens is 1. The Morgan fingerprint density at radius 2 is 2.07 bits per heavy atom. The summed E-state index contributed by atoms with van der Waals surface area (Å²) in [5.41, 5.74) is 4.24. The van der Waals surface area contributed by atoms with E-state index in [1.54, 1.807) is 0 Å². The highest BCUT2D eigenvalue weighted by molar-refractivity contribution is 6.07. The standard InChI is InChI=1S/C19H25N5O6/c1-12(2)11-23-16(20)15(17(25)21-19(23)27)22(8-5-9-30-3)18(26)13-6-4-7-14(10-13)24(28)29/h4,6-7,10,12H,5,8-9,11,20H2,1-3H3,(H,21,25,27). The Balaban J connectivity index is 2.61. The first-order valence-electron chi connectivity index (χ1n) is 9.35. The molecule has 0 atom stereocenters. The van der Waals surface area contributed by atoms with E-state index in [9.17, 15) is 24.5 Å². The number of nitrogens with two attached hydrogens (primary N) is 1. The molecule has 1 aromatic carbocycles. The van der Waals surface area contributed by atoms with Crippen LogP contribution < -0.4 is 21.9 Å². The van der Waals surface area contributed by atoms with Crippen molar-refractivity contribution in [3.05, 3.63) is 60.8 Å². The first-order chi connectivity index (χ1) is 14.2. The van der Waals surface area contributed by atoms with Gasteiger partial charge >= 0.3 is 5.69 Å². The predicted octanol–water partition coefficient (Wildman–Crippen LogP) is 1.37. The van der Waals surface area contributed by atoms with Gasteiger partial charge in [-0.05, 0) is 18.4 Å². The van der Waals surface area contributed by atoms with Crippen LogP contribution >= 0.6 is 0 Å². The summed E-state index contributed by atoms with van der Waals surface area (Å²) in [5.74, 6) is -0.742. The SMILES string of the molecule is COCCCN(C(=O)c1cccc([N+](=O)[O-])c1)c1c(N)n(CC(C)C)c(=O)[nH]c1=O. The van der Waals surface area contributed by atoms with Crippen molar-refractivity contribution < 1.29 is 14.5 Å². The van der Waals surface area contributed by atoms with E-state index in [-0.39, 0.29) is 41.8 Å². The van der Waals surface area contributed by atoms with Gasteiger partial charge in [0.05, 0.1) is 4.92 Å². The van der Waals surface area contributed by atoms with Gasteiger partial charge in [0.15, 0.2) is 5.69 Å². The number of methoxy groups -OCH3 is 1. The number of nitrogen functional groups attached to an aromatic ring is 1. The zero-order valence-corrected chi connectivity index (χ0v) is 17.1. The van der Waals surface area contributed by atoms with E-state index in [4.69, 9.17) is 10.5 Å². The number of rotatable bonds is 9. The van der Waals surface area contributed by atoms with Crippen molar-refractivity contribution in [3.8, 4) is 0 Å². The number of carbonyl (C=O) groups excluding carboxylic acids is 1. The Bertz CT molecular complexity index is 1040. The van der Waals surface area contributed by atoms with Crippen molar-refractivity contribution in [1.82, 2.24) is 9.55 Å². The van der Waals surface area contributed by atoms with E-state index < -0.39 is 22.1 Å². The summed E-state index contributed by atoms with van der Waals surface area (Å²) < 4.78 is 6.22. The number of hydrogen-bond donors (Lipinski definition) is 2. The number of non-ortho nitro benzene ring substituents is 1. The lowest BCUT2D eigenvalue weighted by molar-refractivity contribution is -0.384. The Morgan fingerprint density at radius 3 is 2.67 bits per heavy atom. The van der Waals surface area contributed by atoms with Crippen LogP contribution in [-0.4, -0.2) is 40.6 Å². The molecule has 162 valence electrons. The molecule has 0 aliphatic rings. The van der Waals surface area contributed by atoms with Gasteiger partial charge in [0, 0.05) is 44.5 Å². The molecule has 0 fully saturated rings. The summed E-state index contributed by atoms with van der Waals surface area (Å²) in [6.07, 6.45) is 0.374. The summed E-state index contributed by atoms with van der Waals surface area (Å²) in [4.78, 5) is 51.8. The van der Waals surface area contributed by atoms with E-state index in [0.29, 0.717) is 13.0 Å². The van der Waals surface area contributed by atoms with Gasteiger partial charge in [0.2, 0.25) is 0 Å². The fraction of sp³-hybridized carbons (Fsp3) is 0.421. The molecule has 11 nitrogen and oxygen atoms in total. The van der Waals surface area contributed by atoms with Crippen LogP contribution in [0.3, 0.4) is 0 Å². The number of nitro groups is 1. The molecule has 11 heteroatoms. The Labute approximate surface area is 172 Å². The number of aromatic amines is 1. The minimum Gasteiger partial charge on any atom is -0.385 e. The monoisotopic (exact) mass is 419 g/mol. The van der Waals surface area contributed by atoms with Crippen LogP contribution in [0.2, 0.25) is 0 Å². The van der Waals surface area contributed by atoms with Gasteiger partial charge in [-0.3, -0.25) is 29.3 Å². The van der Waals surface area contributed by atoms with Crippen LogP contribution in [0.25, 0.3) is 0 Å². The lowest BCUT2D eigenvalue weighted by atomic mass is 10.1. The number of carbonyl (C=O) groups is 1. The largest absolute Gasteiger partial charge is 0.385 e. The minimum absolute atomic E-state index is 0.0158. The van der Waals surface area contributed by atoms with Gasteiger partial charge in [0.25, 0.3) is 17.2 Å². The van der Waals surface area contributed by atoms with E-state index in [1.807, 2.05) is 13.8 Å². The number of hydrogen-bond acceptors (Lipinski definition) is 7. The molecule has 1 amide bonds. The van der Waals surface area contributed by atoms with Crippen LogP contribution in [0.1, 0.15) is 30.6 Å². The van der Waals surface area contributed by atoms with Gasteiger partial charge in [-0.15, -0.1) is 0 Å². The second-order valence-electron chi connectivity index (χ2n) is 7.11. The molecule has 0 saturated carbocycles. The fourth-order valence-corrected chi connectivity index (χ4v) is 2.97. The molecule has 1 aromatic heterocycles. The average Bonchev–Trinajstić information content (AvgIpc) is 2.69. The zero-order valence-electron chi connectivity index (χ0n) is 17.1. The number of nitrogens with one attached hydrogen (secondary N) is 1. The van der Waals surface area contributed by atoms with Crippen LogP contribution in [-0.2, 0) is 11.3 Å². The molecular formula is C19H25N5O6. The van der Waals surface area contributed by atoms with Crippen LogP contribution in [0.5, 0.6) is 0 Å². The van der Waals surface area contributed by atoms with Crippen LogP contribution in [0, 0.1) is 16.0 Å². The fourth-order valence-electron chi connectivity index (χ4n) is 2.97. The van der Waals surface area contributed by atoms with Crippen molar-refractivity contribution in [1.29, 1.82) is 0 Å². The average molecular weight is 419 g/mol. The molecule has 0 saturated heterocycles. The molecule has 3 N–H and O–H groups in total. The van der Waals surface area contributed by atoms with Gasteiger partial charge < -0.3 is 15.4 Å². The van der Waals surface area contributed by atoms with E-state index in [0.717, 1.165) is 11.0 Å². The Kier molecular flexibility index (Phi) is 7.48. The zero-order chi connectivity index (χ0) is 22.4. The first-order valence-corrected chi connectivity index (χ1v) is 9.35. The maximum atomic E-state index is 13.2. The normalized spacial score (nSPS) is 10.9.